The van der Waals surface area contributed by atoms with E-state index in [0.717, 1.165) is 67.3 Å². The summed E-state index contributed by atoms with van der Waals surface area (Å²) >= 11 is 0. The second kappa shape index (κ2) is 13.1. The molecule has 8 aromatic rings. The lowest BCUT2D eigenvalue weighted by Gasteiger charge is -2.11. The summed E-state index contributed by atoms with van der Waals surface area (Å²) in [6.07, 6.45) is 0. The molecule has 0 unspecified atom stereocenters. The predicted octanol–water partition coefficient (Wildman–Crippen LogP) is 11.5. The van der Waals surface area contributed by atoms with E-state index < -0.39 is 0 Å². The lowest BCUT2D eigenvalue weighted by molar-refractivity contribution is 1.18. The zero-order valence-electron chi connectivity index (χ0n) is 26.2. The Kier molecular flexibility index (Phi) is 7.92. The Labute approximate surface area is 280 Å². The van der Waals surface area contributed by atoms with Gasteiger partial charge in [-0.2, -0.15) is 0 Å². The van der Waals surface area contributed by atoms with Crippen molar-refractivity contribution in [2.24, 2.45) is 0 Å². The molecular formula is C45H31N3. The van der Waals surface area contributed by atoms with Crippen molar-refractivity contribution in [2.45, 2.75) is 0 Å². The van der Waals surface area contributed by atoms with Crippen molar-refractivity contribution in [2.75, 3.05) is 0 Å². The molecule has 8 rings (SSSR count). The molecule has 0 aliphatic heterocycles. The monoisotopic (exact) mass is 613 g/mol. The summed E-state index contributed by atoms with van der Waals surface area (Å²) in [5, 5.41) is 0. The van der Waals surface area contributed by atoms with Crippen LogP contribution in [0.1, 0.15) is 0 Å². The van der Waals surface area contributed by atoms with Crippen molar-refractivity contribution in [1.29, 1.82) is 0 Å². The van der Waals surface area contributed by atoms with E-state index in [9.17, 15) is 0 Å². The fraction of sp³-hybridized carbons (Fsp3) is 0. The van der Waals surface area contributed by atoms with Crippen LogP contribution in [0.15, 0.2) is 188 Å². The third kappa shape index (κ3) is 6.18. The van der Waals surface area contributed by atoms with Gasteiger partial charge >= 0.3 is 0 Å². The number of aromatic nitrogens is 3. The lowest BCUT2D eigenvalue weighted by atomic mass is 9.98. The number of hydrogen-bond donors (Lipinski definition) is 0. The molecule has 0 bridgehead atoms. The summed E-state index contributed by atoms with van der Waals surface area (Å²) in [5.41, 5.74) is 13.6. The van der Waals surface area contributed by atoms with E-state index in [1.54, 1.807) is 0 Å². The van der Waals surface area contributed by atoms with Crippen LogP contribution in [0.4, 0.5) is 0 Å². The third-order valence-corrected chi connectivity index (χ3v) is 8.52. The first-order valence-electron chi connectivity index (χ1n) is 16.1. The molecule has 0 fully saturated rings. The highest BCUT2D eigenvalue weighted by atomic mass is 14.9. The molecular weight excluding hydrogens is 583 g/mol. The smallest absolute Gasteiger partial charge is 0.160 e. The Hall–Kier alpha value is -6.45. The summed E-state index contributed by atoms with van der Waals surface area (Å²) < 4.78 is 0. The average molecular weight is 614 g/mol. The highest BCUT2D eigenvalue weighted by molar-refractivity contribution is 5.78. The van der Waals surface area contributed by atoms with Crippen LogP contribution < -0.4 is 0 Å². The van der Waals surface area contributed by atoms with Gasteiger partial charge in [-0.15, -0.1) is 0 Å². The maximum absolute atomic E-state index is 5.09. The van der Waals surface area contributed by atoms with Gasteiger partial charge in [0, 0.05) is 27.8 Å². The standard InChI is InChI=1S/C45H31N3/c1-5-13-32(14-6-1)40-29-41(35-15-7-2-8-16-35)46-42(30-40)38-25-21-33(22-26-38)34-23-27-39(28-24-34)45-47-43(36-17-9-3-10-18-36)31-44(48-45)37-19-11-4-12-20-37/h1-31H. The minimum Gasteiger partial charge on any atom is -0.248 e. The molecule has 2 aromatic heterocycles. The van der Waals surface area contributed by atoms with Crippen LogP contribution in [0, 0.1) is 0 Å². The Morgan fingerprint density at radius 1 is 0.208 bits per heavy atom. The minimum absolute atomic E-state index is 0.704. The Balaban J connectivity index is 1.11. The molecule has 0 atom stereocenters. The fourth-order valence-electron chi connectivity index (χ4n) is 5.97. The quantitative estimate of drug-likeness (QED) is 0.179. The Morgan fingerprint density at radius 3 is 0.917 bits per heavy atom. The normalized spacial score (nSPS) is 10.9. The Morgan fingerprint density at radius 2 is 0.500 bits per heavy atom. The second-order valence-electron chi connectivity index (χ2n) is 11.7. The SMILES string of the molecule is c1ccc(-c2cc(-c3ccccc3)nc(-c3ccc(-c4ccc(-c5nc(-c6ccccc6)cc(-c6ccccc6)n5)cc4)cc3)c2)cc1. The summed E-state index contributed by atoms with van der Waals surface area (Å²) in [7, 11) is 0. The molecule has 0 radical (unpaired) electrons. The van der Waals surface area contributed by atoms with Crippen molar-refractivity contribution in [3.63, 3.8) is 0 Å². The number of hydrogen-bond acceptors (Lipinski definition) is 3. The van der Waals surface area contributed by atoms with Crippen molar-refractivity contribution in [3.05, 3.63) is 188 Å². The fourth-order valence-corrected chi connectivity index (χ4v) is 5.97. The van der Waals surface area contributed by atoms with Gasteiger partial charge in [0.2, 0.25) is 0 Å². The molecule has 0 aliphatic carbocycles. The first-order valence-corrected chi connectivity index (χ1v) is 16.1. The summed E-state index contributed by atoms with van der Waals surface area (Å²) in [6, 6.07) is 65.0. The lowest BCUT2D eigenvalue weighted by Crippen LogP contribution is -1.95. The number of nitrogens with zero attached hydrogens (tertiary/aromatic N) is 3. The highest BCUT2D eigenvalue weighted by Gasteiger charge is 2.12. The molecule has 0 N–H and O–H groups in total. The number of rotatable bonds is 7. The van der Waals surface area contributed by atoms with Crippen LogP contribution in [0.3, 0.4) is 0 Å². The van der Waals surface area contributed by atoms with Crippen LogP contribution in [-0.2, 0) is 0 Å². The molecule has 6 aromatic carbocycles. The summed E-state index contributed by atoms with van der Waals surface area (Å²) in [6.45, 7) is 0. The molecule has 48 heavy (non-hydrogen) atoms. The molecule has 2 heterocycles. The van der Waals surface area contributed by atoms with Crippen molar-refractivity contribution >= 4 is 0 Å². The van der Waals surface area contributed by atoms with E-state index in [1.807, 2.05) is 48.5 Å². The summed E-state index contributed by atoms with van der Waals surface area (Å²) in [4.78, 5) is 15.1. The molecule has 0 spiro atoms. The van der Waals surface area contributed by atoms with Gasteiger partial charge in [0.25, 0.3) is 0 Å². The van der Waals surface area contributed by atoms with Gasteiger partial charge in [0.15, 0.2) is 5.82 Å². The molecule has 0 amide bonds. The second-order valence-corrected chi connectivity index (χ2v) is 11.7. The predicted molar refractivity (Wildman–Crippen MR) is 198 cm³/mol. The van der Waals surface area contributed by atoms with Crippen molar-refractivity contribution < 1.29 is 0 Å². The van der Waals surface area contributed by atoms with Gasteiger partial charge in [0.1, 0.15) is 0 Å². The molecule has 3 heteroatoms. The van der Waals surface area contributed by atoms with Gasteiger partial charge in [-0.1, -0.05) is 170 Å². The van der Waals surface area contributed by atoms with Crippen LogP contribution in [0.2, 0.25) is 0 Å². The first-order chi connectivity index (χ1) is 23.8. The minimum atomic E-state index is 0.704. The van der Waals surface area contributed by atoms with E-state index in [1.165, 1.54) is 5.56 Å². The molecule has 0 saturated carbocycles. The zero-order valence-corrected chi connectivity index (χ0v) is 26.2. The largest absolute Gasteiger partial charge is 0.248 e. The average Bonchev–Trinajstić information content (AvgIpc) is 3.19. The first kappa shape index (κ1) is 29.0. The van der Waals surface area contributed by atoms with Crippen molar-refractivity contribution in [1.82, 2.24) is 15.0 Å². The van der Waals surface area contributed by atoms with Crippen LogP contribution in [-0.4, -0.2) is 15.0 Å². The van der Waals surface area contributed by atoms with E-state index in [2.05, 4.69) is 140 Å². The maximum atomic E-state index is 5.09. The molecule has 3 nitrogen and oxygen atoms in total. The maximum Gasteiger partial charge on any atom is 0.160 e. The van der Waals surface area contributed by atoms with Gasteiger partial charge in [-0.05, 0) is 40.5 Å². The molecule has 0 saturated heterocycles. The topological polar surface area (TPSA) is 38.7 Å². The third-order valence-electron chi connectivity index (χ3n) is 8.52. The number of benzene rings is 6. The zero-order chi connectivity index (χ0) is 32.1. The van der Waals surface area contributed by atoms with Gasteiger partial charge < -0.3 is 0 Å². The van der Waals surface area contributed by atoms with E-state index >= 15 is 0 Å². The van der Waals surface area contributed by atoms with Gasteiger partial charge in [-0.3, -0.25) is 0 Å². The van der Waals surface area contributed by atoms with Crippen molar-refractivity contribution in [3.8, 4) is 78.7 Å². The van der Waals surface area contributed by atoms with E-state index in [4.69, 9.17) is 15.0 Å². The van der Waals surface area contributed by atoms with Crippen LogP contribution >= 0.6 is 0 Å². The van der Waals surface area contributed by atoms with Crippen LogP contribution in [0.5, 0.6) is 0 Å². The van der Waals surface area contributed by atoms with Crippen LogP contribution in [0.25, 0.3) is 78.7 Å². The van der Waals surface area contributed by atoms with Gasteiger partial charge in [-0.25, -0.2) is 15.0 Å². The molecule has 226 valence electrons. The Bertz CT molecular complexity index is 2000. The molecule has 0 aliphatic rings. The van der Waals surface area contributed by atoms with E-state index in [-0.39, 0.29) is 0 Å². The summed E-state index contributed by atoms with van der Waals surface area (Å²) in [5.74, 6) is 0.704. The number of pyridine rings is 1. The van der Waals surface area contributed by atoms with Gasteiger partial charge in [0.05, 0.1) is 22.8 Å². The highest BCUT2D eigenvalue weighted by Crippen LogP contribution is 2.33. The van der Waals surface area contributed by atoms with E-state index in [0.29, 0.717) is 5.82 Å².